The lowest BCUT2D eigenvalue weighted by Crippen LogP contribution is -2.27. The Morgan fingerprint density at radius 3 is 2.75 bits per heavy atom. The number of nitrogens with one attached hydrogen (secondary N) is 2. The summed E-state index contributed by atoms with van der Waals surface area (Å²) in [4.78, 5) is 18.8. The third-order valence-electron chi connectivity index (χ3n) is 2.71. The normalized spacial score (nSPS) is 10.8. The SMILES string of the molecule is N#CCNC(=O)c1cnc(Nc2cccc(Cl)c2)nc1C(F)(F)F. The van der Waals surface area contributed by atoms with Crippen molar-refractivity contribution in [1.82, 2.24) is 15.3 Å². The fraction of sp³-hybridized carbons (Fsp3) is 0.143. The number of benzene rings is 1. The first-order valence-electron chi connectivity index (χ1n) is 6.43. The van der Waals surface area contributed by atoms with Crippen LogP contribution in [0.1, 0.15) is 16.1 Å². The largest absolute Gasteiger partial charge is 0.434 e. The summed E-state index contributed by atoms with van der Waals surface area (Å²) in [7, 11) is 0. The maximum Gasteiger partial charge on any atom is 0.434 e. The minimum absolute atomic E-state index is 0.346. The van der Waals surface area contributed by atoms with Crippen LogP contribution in [0.15, 0.2) is 30.5 Å². The van der Waals surface area contributed by atoms with Crippen molar-refractivity contribution in [3.05, 3.63) is 46.7 Å². The Labute approximate surface area is 139 Å². The summed E-state index contributed by atoms with van der Waals surface area (Å²) < 4.78 is 39.4. The van der Waals surface area contributed by atoms with E-state index in [2.05, 4.69) is 15.3 Å². The van der Waals surface area contributed by atoms with E-state index in [0.717, 1.165) is 6.20 Å². The number of anilines is 2. The predicted octanol–water partition coefficient (Wildman–Crippen LogP) is 3.15. The minimum Gasteiger partial charge on any atom is -0.339 e. The molecular formula is C14H9ClF3N5O. The van der Waals surface area contributed by atoms with Crippen molar-refractivity contribution in [2.24, 2.45) is 0 Å². The van der Waals surface area contributed by atoms with E-state index in [-0.39, 0.29) is 5.95 Å². The first kappa shape index (κ1) is 17.5. The molecule has 24 heavy (non-hydrogen) atoms. The molecular weight excluding hydrogens is 347 g/mol. The fourth-order valence-electron chi connectivity index (χ4n) is 1.73. The van der Waals surface area contributed by atoms with Gasteiger partial charge < -0.3 is 10.6 Å². The number of rotatable bonds is 4. The van der Waals surface area contributed by atoms with Crippen molar-refractivity contribution in [2.75, 3.05) is 11.9 Å². The molecule has 1 aromatic heterocycles. The first-order valence-corrected chi connectivity index (χ1v) is 6.81. The molecule has 10 heteroatoms. The highest BCUT2D eigenvalue weighted by Crippen LogP contribution is 2.31. The highest BCUT2D eigenvalue weighted by molar-refractivity contribution is 6.30. The van der Waals surface area contributed by atoms with Gasteiger partial charge in [0.05, 0.1) is 11.6 Å². The average molecular weight is 356 g/mol. The molecule has 124 valence electrons. The number of nitriles is 1. The highest BCUT2D eigenvalue weighted by Gasteiger charge is 2.38. The molecule has 1 heterocycles. The van der Waals surface area contributed by atoms with Gasteiger partial charge in [0.1, 0.15) is 6.54 Å². The number of carbonyl (C=O) groups is 1. The monoisotopic (exact) mass is 355 g/mol. The zero-order valence-corrected chi connectivity index (χ0v) is 12.6. The number of aromatic nitrogens is 2. The Morgan fingerprint density at radius 1 is 1.38 bits per heavy atom. The number of hydrogen-bond donors (Lipinski definition) is 2. The Bertz CT molecular complexity index is 804. The molecule has 0 bridgehead atoms. The second-order valence-corrected chi connectivity index (χ2v) is 4.87. The van der Waals surface area contributed by atoms with Crippen molar-refractivity contribution >= 4 is 29.1 Å². The van der Waals surface area contributed by atoms with Crippen molar-refractivity contribution in [3.63, 3.8) is 0 Å². The van der Waals surface area contributed by atoms with Gasteiger partial charge in [-0.3, -0.25) is 4.79 Å². The molecule has 0 atom stereocenters. The number of hydrogen-bond acceptors (Lipinski definition) is 5. The summed E-state index contributed by atoms with van der Waals surface area (Å²) in [5.41, 5.74) is -1.79. The molecule has 0 aliphatic carbocycles. The summed E-state index contributed by atoms with van der Waals surface area (Å²) in [5, 5.41) is 13.4. The lowest BCUT2D eigenvalue weighted by atomic mass is 10.2. The quantitative estimate of drug-likeness (QED) is 0.822. The summed E-state index contributed by atoms with van der Waals surface area (Å²) in [6, 6.07) is 7.83. The average Bonchev–Trinajstić information content (AvgIpc) is 2.51. The third kappa shape index (κ3) is 4.33. The predicted molar refractivity (Wildman–Crippen MR) is 79.7 cm³/mol. The second-order valence-electron chi connectivity index (χ2n) is 4.43. The molecule has 1 amide bonds. The third-order valence-corrected chi connectivity index (χ3v) is 2.95. The van der Waals surface area contributed by atoms with Crippen LogP contribution in [-0.4, -0.2) is 22.4 Å². The van der Waals surface area contributed by atoms with Gasteiger partial charge in [0.25, 0.3) is 5.91 Å². The Kier molecular flexibility index (Phi) is 5.21. The summed E-state index contributed by atoms with van der Waals surface area (Å²) in [6.45, 7) is -0.432. The summed E-state index contributed by atoms with van der Waals surface area (Å²) in [6.07, 6.45) is -4.12. The van der Waals surface area contributed by atoms with Gasteiger partial charge >= 0.3 is 6.18 Å². The number of amides is 1. The van der Waals surface area contributed by atoms with Gasteiger partial charge in [0.2, 0.25) is 5.95 Å². The number of nitrogens with zero attached hydrogens (tertiary/aromatic N) is 3. The van der Waals surface area contributed by atoms with E-state index in [0.29, 0.717) is 10.7 Å². The minimum atomic E-state index is -4.87. The molecule has 2 aromatic rings. The molecule has 0 radical (unpaired) electrons. The van der Waals surface area contributed by atoms with Crippen molar-refractivity contribution in [1.29, 1.82) is 5.26 Å². The maximum absolute atomic E-state index is 13.1. The highest BCUT2D eigenvalue weighted by atomic mass is 35.5. The van der Waals surface area contributed by atoms with Crippen LogP contribution in [0.5, 0.6) is 0 Å². The zero-order chi connectivity index (χ0) is 17.7. The van der Waals surface area contributed by atoms with Crippen LogP contribution in [0.25, 0.3) is 0 Å². The van der Waals surface area contributed by atoms with Gasteiger partial charge in [0, 0.05) is 16.9 Å². The topological polar surface area (TPSA) is 90.7 Å². The summed E-state index contributed by atoms with van der Waals surface area (Å²) in [5.74, 6) is -1.43. The molecule has 0 aliphatic rings. The van der Waals surface area contributed by atoms with E-state index < -0.39 is 29.9 Å². The van der Waals surface area contributed by atoms with Crippen LogP contribution < -0.4 is 10.6 Å². The molecule has 0 spiro atoms. The molecule has 0 saturated carbocycles. The van der Waals surface area contributed by atoms with Crippen LogP contribution in [0.3, 0.4) is 0 Å². The molecule has 2 N–H and O–H groups in total. The van der Waals surface area contributed by atoms with Crippen molar-refractivity contribution in [2.45, 2.75) is 6.18 Å². The molecule has 1 aromatic carbocycles. The number of halogens is 4. The van der Waals surface area contributed by atoms with Gasteiger partial charge in [-0.1, -0.05) is 17.7 Å². The molecule has 0 unspecified atom stereocenters. The first-order chi connectivity index (χ1) is 11.3. The van der Waals surface area contributed by atoms with Crippen LogP contribution in [0.4, 0.5) is 24.8 Å². The molecule has 2 rings (SSSR count). The van der Waals surface area contributed by atoms with Crippen LogP contribution in [-0.2, 0) is 6.18 Å². The number of carbonyl (C=O) groups excluding carboxylic acids is 1. The van der Waals surface area contributed by atoms with E-state index in [1.807, 2.05) is 5.32 Å². The maximum atomic E-state index is 13.1. The van der Waals surface area contributed by atoms with Gasteiger partial charge in [-0.25, -0.2) is 9.97 Å². The van der Waals surface area contributed by atoms with E-state index in [1.165, 1.54) is 6.07 Å². The Balaban J connectivity index is 2.36. The van der Waals surface area contributed by atoms with Crippen LogP contribution in [0.2, 0.25) is 5.02 Å². The molecule has 6 nitrogen and oxygen atoms in total. The van der Waals surface area contributed by atoms with Gasteiger partial charge in [-0.15, -0.1) is 0 Å². The van der Waals surface area contributed by atoms with Gasteiger partial charge in [-0.05, 0) is 18.2 Å². The van der Waals surface area contributed by atoms with Crippen LogP contribution in [0, 0.1) is 11.3 Å². The van der Waals surface area contributed by atoms with E-state index in [1.54, 1.807) is 24.3 Å². The van der Waals surface area contributed by atoms with E-state index in [9.17, 15) is 18.0 Å². The van der Waals surface area contributed by atoms with Crippen LogP contribution >= 0.6 is 11.6 Å². The lowest BCUT2D eigenvalue weighted by molar-refractivity contribution is -0.141. The van der Waals surface area contributed by atoms with E-state index in [4.69, 9.17) is 16.9 Å². The van der Waals surface area contributed by atoms with Crippen molar-refractivity contribution in [3.8, 4) is 6.07 Å². The summed E-state index contributed by atoms with van der Waals surface area (Å²) >= 11 is 5.79. The number of alkyl halides is 3. The second kappa shape index (κ2) is 7.14. The molecule has 0 saturated heterocycles. The van der Waals surface area contributed by atoms with Crippen molar-refractivity contribution < 1.29 is 18.0 Å². The standard InChI is InChI=1S/C14H9ClF3N5O/c15-8-2-1-3-9(6-8)22-13-21-7-10(12(24)20-5-4-19)11(23-13)14(16,17)18/h1-3,6-7H,5H2,(H,20,24)(H,21,22,23). The zero-order valence-electron chi connectivity index (χ0n) is 11.9. The lowest BCUT2D eigenvalue weighted by Gasteiger charge is -2.13. The fourth-order valence-corrected chi connectivity index (χ4v) is 1.92. The smallest absolute Gasteiger partial charge is 0.339 e. The molecule has 0 fully saturated rings. The van der Waals surface area contributed by atoms with E-state index >= 15 is 0 Å². The Morgan fingerprint density at radius 2 is 2.12 bits per heavy atom. The Hall–Kier alpha value is -2.86. The molecule has 0 aliphatic heterocycles. The van der Waals surface area contributed by atoms with Gasteiger partial charge in [0.15, 0.2) is 5.69 Å². The van der Waals surface area contributed by atoms with Gasteiger partial charge in [-0.2, -0.15) is 18.4 Å².